The summed E-state index contributed by atoms with van der Waals surface area (Å²) >= 11 is 0. The molecule has 1 saturated heterocycles. The normalized spacial score (nSPS) is 22.1. The van der Waals surface area contributed by atoms with Crippen LogP contribution in [0, 0.1) is 0 Å². The predicted octanol–water partition coefficient (Wildman–Crippen LogP) is 5.21. The molecule has 1 unspecified atom stereocenters. The molecule has 0 spiro atoms. The minimum absolute atomic E-state index is 0.436. The van der Waals surface area contributed by atoms with Gasteiger partial charge in [-0.15, -0.1) is 0 Å². The number of nitrogens with zero attached hydrogens (tertiary/aromatic N) is 2. The van der Waals surface area contributed by atoms with E-state index in [0.29, 0.717) is 11.9 Å². The first kappa shape index (κ1) is 18.9. The Morgan fingerprint density at radius 2 is 2.00 bits per heavy atom. The summed E-state index contributed by atoms with van der Waals surface area (Å²) in [6.45, 7) is 3.67. The molecule has 6 nitrogen and oxygen atoms in total. The van der Waals surface area contributed by atoms with Crippen molar-refractivity contribution >= 4 is 17.1 Å². The lowest BCUT2D eigenvalue weighted by atomic mass is 9.92. The van der Waals surface area contributed by atoms with E-state index in [1.807, 2.05) is 36.4 Å². The van der Waals surface area contributed by atoms with Crippen LogP contribution in [0.1, 0.15) is 37.7 Å². The highest BCUT2D eigenvalue weighted by Crippen LogP contribution is 2.35. The molecule has 1 aliphatic heterocycles. The van der Waals surface area contributed by atoms with Gasteiger partial charge in [0.25, 0.3) is 6.01 Å². The SMILES string of the molecule is CC1(Oc2ncccc2C2CCOCC2)C=CC(Nc2nc3ccccc3o2)=CC1. The standard InChI is InChI=1S/C24H25N3O3/c1-24(30-22-19(5-4-14-25-22)17-10-15-28-16-11-17)12-8-18(9-13-24)26-23-27-20-6-2-3-7-21(20)29-23/h2-9,12,14,17H,10-11,13,15-16H2,1H3,(H,26,27). The Morgan fingerprint density at radius 3 is 2.80 bits per heavy atom. The molecule has 1 aromatic carbocycles. The van der Waals surface area contributed by atoms with Crippen molar-refractivity contribution in [1.82, 2.24) is 9.97 Å². The molecule has 1 fully saturated rings. The van der Waals surface area contributed by atoms with Crippen LogP contribution in [0.5, 0.6) is 5.88 Å². The highest BCUT2D eigenvalue weighted by molar-refractivity contribution is 5.74. The summed E-state index contributed by atoms with van der Waals surface area (Å²) in [6, 6.07) is 12.3. The third-order valence-corrected chi connectivity index (χ3v) is 5.68. The second-order valence-electron chi connectivity index (χ2n) is 8.01. The highest BCUT2D eigenvalue weighted by atomic mass is 16.5. The number of rotatable bonds is 5. The number of hydrogen-bond acceptors (Lipinski definition) is 6. The van der Waals surface area contributed by atoms with Crippen LogP contribution in [0.3, 0.4) is 0 Å². The van der Waals surface area contributed by atoms with Gasteiger partial charge >= 0.3 is 0 Å². The van der Waals surface area contributed by atoms with Gasteiger partial charge in [-0.2, -0.15) is 4.98 Å². The molecule has 0 bridgehead atoms. The molecule has 2 aliphatic rings. The Bertz CT molecular complexity index is 1060. The molecule has 3 heterocycles. The molecule has 1 aliphatic carbocycles. The molecule has 0 amide bonds. The molecular formula is C24H25N3O3. The summed E-state index contributed by atoms with van der Waals surface area (Å²) in [5.41, 5.74) is 3.26. The number of hydrogen-bond donors (Lipinski definition) is 1. The number of anilines is 1. The van der Waals surface area contributed by atoms with E-state index in [1.54, 1.807) is 6.20 Å². The lowest BCUT2D eigenvalue weighted by molar-refractivity contribution is 0.0822. The topological polar surface area (TPSA) is 69.4 Å². The average Bonchev–Trinajstić information content (AvgIpc) is 3.19. The summed E-state index contributed by atoms with van der Waals surface area (Å²) < 4.78 is 17.7. The second-order valence-corrected chi connectivity index (χ2v) is 8.01. The number of allylic oxidation sites excluding steroid dienone is 1. The summed E-state index contributed by atoms with van der Waals surface area (Å²) in [5.74, 6) is 1.16. The molecular weight excluding hydrogens is 378 g/mol. The molecule has 154 valence electrons. The van der Waals surface area contributed by atoms with Crippen LogP contribution in [0.2, 0.25) is 0 Å². The number of ether oxygens (including phenoxy) is 2. The largest absolute Gasteiger partial charge is 0.467 e. The number of benzene rings is 1. The van der Waals surface area contributed by atoms with Crippen molar-refractivity contribution in [3.8, 4) is 5.88 Å². The minimum Gasteiger partial charge on any atom is -0.467 e. The molecule has 2 aromatic heterocycles. The lowest BCUT2D eigenvalue weighted by Gasteiger charge is -2.31. The molecule has 6 heteroatoms. The lowest BCUT2D eigenvalue weighted by Crippen LogP contribution is -2.32. The Balaban J connectivity index is 1.28. The monoisotopic (exact) mass is 403 g/mol. The molecule has 30 heavy (non-hydrogen) atoms. The summed E-state index contributed by atoms with van der Waals surface area (Å²) in [6.07, 6.45) is 10.7. The van der Waals surface area contributed by atoms with Gasteiger partial charge in [0.2, 0.25) is 5.88 Å². The molecule has 1 N–H and O–H groups in total. The first-order chi connectivity index (χ1) is 14.7. The zero-order chi connectivity index (χ0) is 20.4. The number of pyridine rings is 1. The summed E-state index contributed by atoms with van der Waals surface area (Å²) in [5, 5.41) is 3.25. The molecule has 0 saturated carbocycles. The number of para-hydroxylation sites is 2. The minimum atomic E-state index is -0.458. The van der Waals surface area contributed by atoms with Crippen LogP contribution >= 0.6 is 0 Å². The van der Waals surface area contributed by atoms with Crippen LogP contribution in [-0.2, 0) is 4.74 Å². The Kier molecular flexibility index (Phi) is 5.01. The third kappa shape index (κ3) is 3.96. The fraction of sp³-hybridized carbons (Fsp3) is 0.333. The second kappa shape index (κ2) is 7.95. The molecule has 3 aromatic rings. The van der Waals surface area contributed by atoms with E-state index in [9.17, 15) is 0 Å². The van der Waals surface area contributed by atoms with Crippen molar-refractivity contribution in [1.29, 1.82) is 0 Å². The molecule has 0 radical (unpaired) electrons. The molecule has 5 rings (SSSR count). The van der Waals surface area contributed by atoms with Gasteiger partial charge in [0.15, 0.2) is 5.58 Å². The van der Waals surface area contributed by atoms with Crippen LogP contribution in [0.15, 0.2) is 70.9 Å². The van der Waals surface area contributed by atoms with E-state index < -0.39 is 5.60 Å². The maximum atomic E-state index is 6.42. The van der Waals surface area contributed by atoms with E-state index >= 15 is 0 Å². The van der Waals surface area contributed by atoms with Gasteiger partial charge in [-0.05, 0) is 56.0 Å². The summed E-state index contributed by atoms with van der Waals surface area (Å²) in [7, 11) is 0. The smallest absolute Gasteiger partial charge is 0.300 e. The first-order valence-corrected chi connectivity index (χ1v) is 10.4. The van der Waals surface area contributed by atoms with Crippen molar-refractivity contribution in [2.75, 3.05) is 18.5 Å². The van der Waals surface area contributed by atoms with Gasteiger partial charge in [0.1, 0.15) is 11.1 Å². The van der Waals surface area contributed by atoms with Gasteiger partial charge in [0, 0.05) is 37.1 Å². The van der Waals surface area contributed by atoms with E-state index in [1.165, 1.54) is 5.56 Å². The van der Waals surface area contributed by atoms with Crippen molar-refractivity contribution in [2.45, 2.75) is 37.7 Å². The van der Waals surface area contributed by atoms with Gasteiger partial charge in [-0.1, -0.05) is 24.3 Å². The van der Waals surface area contributed by atoms with Gasteiger partial charge in [0.05, 0.1) is 0 Å². The third-order valence-electron chi connectivity index (χ3n) is 5.68. The highest BCUT2D eigenvalue weighted by Gasteiger charge is 2.28. The van der Waals surface area contributed by atoms with Crippen molar-refractivity contribution < 1.29 is 13.9 Å². The number of fused-ring (bicyclic) bond motifs is 1. The zero-order valence-electron chi connectivity index (χ0n) is 17.0. The number of nitrogens with one attached hydrogen (secondary N) is 1. The van der Waals surface area contributed by atoms with Crippen LogP contribution < -0.4 is 10.1 Å². The fourth-order valence-electron chi connectivity index (χ4n) is 3.96. The Hall–Kier alpha value is -3.12. The maximum Gasteiger partial charge on any atom is 0.300 e. The van der Waals surface area contributed by atoms with E-state index in [4.69, 9.17) is 13.9 Å². The van der Waals surface area contributed by atoms with Crippen LogP contribution in [0.4, 0.5) is 6.01 Å². The van der Waals surface area contributed by atoms with E-state index in [2.05, 4.69) is 40.4 Å². The van der Waals surface area contributed by atoms with E-state index in [0.717, 1.165) is 55.2 Å². The molecule has 1 atom stereocenters. The number of aromatic nitrogens is 2. The zero-order valence-corrected chi connectivity index (χ0v) is 17.0. The van der Waals surface area contributed by atoms with E-state index in [-0.39, 0.29) is 0 Å². The van der Waals surface area contributed by atoms with Crippen LogP contribution in [0.25, 0.3) is 11.1 Å². The predicted molar refractivity (Wildman–Crippen MR) is 116 cm³/mol. The van der Waals surface area contributed by atoms with Crippen molar-refractivity contribution in [2.24, 2.45) is 0 Å². The van der Waals surface area contributed by atoms with Crippen molar-refractivity contribution in [3.05, 3.63) is 72.1 Å². The fourth-order valence-corrected chi connectivity index (χ4v) is 3.96. The van der Waals surface area contributed by atoms with Gasteiger partial charge < -0.3 is 19.2 Å². The Morgan fingerprint density at radius 1 is 1.13 bits per heavy atom. The van der Waals surface area contributed by atoms with Crippen LogP contribution in [-0.4, -0.2) is 28.8 Å². The first-order valence-electron chi connectivity index (χ1n) is 10.4. The van der Waals surface area contributed by atoms with Gasteiger partial charge in [-0.25, -0.2) is 4.98 Å². The average molecular weight is 403 g/mol. The van der Waals surface area contributed by atoms with Crippen molar-refractivity contribution in [3.63, 3.8) is 0 Å². The van der Waals surface area contributed by atoms with Gasteiger partial charge in [-0.3, -0.25) is 0 Å². The maximum absolute atomic E-state index is 6.42. The number of oxazole rings is 1. The quantitative estimate of drug-likeness (QED) is 0.631. The Labute approximate surface area is 175 Å². The summed E-state index contributed by atoms with van der Waals surface area (Å²) in [4.78, 5) is 9.02.